The van der Waals surface area contributed by atoms with E-state index < -0.39 is 4.92 Å². The largest absolute Gasteiger partial charge is 0.450 e. The van der Waals surface area contributed by atoms with Crippen LogP contribution < -0.4 is 4.74 Å². The maximum absolute atomic E-state index is 11.2. The van der Waals surface area contributed by atoms with Gasteiger partial charge in [-0.05, 0) is 55.2 Å². The molecule has 0 bridgehead atoms. The first-order chi connectivity index (χ1) is 9.92. The fraction of sp³-hybridized carbons (Fsp3) is 0.250. The van der Waals surface area contributed by atoms with Gasteiger partial charge in [-0.2, -0.15) is 0 Å². The van der Waals surface area contributed by atoms with Gasteiger partial charge in [0.15, 0.2) is 0 Å². The molecule has 0 spiro atoms. The Morgan fingerprint density at radius 1 is 1.14 bits per heavy atom. The van der Waals surface area contributed by atoms with Crippen molar-refractivity contribution in [3.63, 3.8) is 0 Å². The first-order valence-electron chi connectivity index (χ1n) is 6.51. The lowest BCUT2D eigenvalue weighted by molar-refractivity contribution is -0.385. The number of nitro groups is 1. The molecule has 0 amide bonds. The Hall–Kier alpha value is -1.88. The second-order valence-electron chi connectivity index (χ2n) is 5.01. The van der Waals surface area contributed by atoms with Crippen LogP contribution in [0.5, 0.6) is 11.5 Å². The zero-order chi connectivity index (χ0) is 15.6. The minimum atomic E-state index is -0.408. The van der Waals surface area contributed by atoms with Crippen molar-refractivity contribution < 1.29 is 9.66 Å². The van der Waals surface area contributed by atoms with Gasteiger partial charge < -0.3 is 4.74 Å². The van der Waals surface area contributed by atoms with E-state index in [1.54, 1.807) is 0 Å². The monoisotopic (exact) mass is 349 g/mol. The van der Waals surface area contributed by atoms with E-state index in [0.29, 0.717) is 11.5 Å². The number of benzene rings is 2. The molecule has 0 N–H and O–H groups in total. The Balaban J connectivity index is 2.44. The summed E-state index contributed by atoms with van der Waals surface area (Å²) in [7, 11) is 0. The fourth-order valence-corrected chi connectivity index (χ4v) is 2.83. The first kappa shape index (κ1) is 15.5. The van der Waals surface area contributed by atoms with Crippen molar-refractivity contribution in [3.05, 3.63) is 62.7 Å². The molecule has 0 saturated heterocycles. The molecule has 4 nitrogen and oxygen atoms in total. The highest BCUT2D eigenvalue weighted by atomic mass is 79.9. The summed E-state index contributed by atoms with van der Waals surface area (Å²) in [6, 6.07) is 9.07. The number of nitrogens with zero attached hydrogens (tertiary/aromatic N) is 1. The van der Waals surface area contributed by atoms with Crippen LogP contribution in [-0.4, -0.2) is 4.92 Å². The molecule has 0 aliphatic carbocycles. The highest BCUT2D eigenvalue weighted by molar-refractivity contribution is 9.08. The molecule has 2 rings (SSSR count). The molecule has 0 atom stereocenters. The van der Waals surface area contributed by atoms with Gasteiger partial charge in [-0.1, -0.05) is 28.1 Å². The van der Waals surface area contributed by atoms with Gasteiger partial charge in [0.25, 0.3) is 0 Å². The summed E-state index contributed by atoms with van der Waals surface area (Å²) >= 11 is 3.42. The molecule has 0 aromatic heterocycles. The Labute approximate surface area is 132 Å². The average molecular weight is 350 g/mol. The molecule has 110 valence electrons. The number of aryl methyl sites for hydroxylation is 3. The molecule has 0 fully saturated rings. The third-order valence-corrected chi connectivity index (χ3v) is 3.88. The standard InChI is InChI=1S/C16H16BrNO3/c1-10-6-12(3)16(15(7-10)18(19)20)21-14-5-4-13(9-17)11(2)8-14/h4-8H,9H2,1-3H3. The van der Waals surface area contributed by atoms with Gasteiger partial charge in [0.2, 0.25) is 5.75 Å². The van der Waals surface area contributed by atoms with Crippen LogP contribution in [0.4, 0.5) is 5.69 Å². The Bertz CT molecular complexity index is 698. The van der Waals surface area contributed by atoms with Gasteiger partial charge in [0, 0.05) is 11.4 Å². The van der Waals surface area contributed by atoms with Crippen LogP contribution in [0.3, 0.4) is 0 Å². The molecule has 0 unspecified atom stereocenters. The van der Waals surface area contributed by atoms with Crippen molar-refractivity contribution >= 4 is 21.6 Å². The lowest BCUT2D eigenvalue weighted by Crippen LogP contribution is -1.97. The van der Waals surface area contributed by atoms with Crippen LogP contribution in [-0.2, 0) is 5.33 Å². The predicted molar refractivity (Wildman–Crippen MR) is 86.5 cm³/mol. The molecule has 0 aliphatic heterocycles. The summed E-state index contributed by atoms with van der Waals surface area (Å²) in [6.07, 6.45) is 0. The number of nitro benzene ring substituents is 1. The number of hydrogen-bond acceptors (Lipinski definition) is 3. The number of ether oxygens (including phenoxy) is 1. The van der Waals surface area contributed by atoms with E-state index in [0.717, 1.165) is 27.6 Å². The van der Waals surface area contributed by atoms with Crippen molar-refractivity contribution in [2.75, 3.05) is 0 Å². The van der Waals surface area contributed by atoms with Gasteiger partial charge in [-0.15, -0.1) is 0 Å². The van der Waals surface area contributed by atoms with E-state index in [4.69, 9.17) is 4.74 Å². The summed E-state index contributed by atoms with van der Waals surface area (Å²) in [5.41, 5.74) is 3.84. The van der Waals surface area contributed by atoms with Crippen molar-refractivity contribution in [2.24, 2.45) is 0 Å². The summed E-state index contributed by atoms with van der Waals surface area (Å²) < 4.78 is 5.78. The molecule has 5 heteroatoms. The second-order valence-corrected chi connectivity index (χ2v) is 5.57. The SMILES string of the molecule is Cc1cc(C)c(Oc2ccc(CBr)c(C)c2)c([N+](=O)[O-])c1. The van der Waals surface area contributed by atoms with E-state index in [1.165, 1.54) is 6.07 Å². The smallest absolute Gasteiger partial charge is 0.312 e. The Morgan fingerprint density at radius 2 is 1.86 bits per heavy atom. The van der Waals surface area contributed by atoms with E-state index in [-0.39, 0.29) is 5.69 Å². The number of alkyl halides is 1. The molecule has 21 heavy (non-hydrogen) atoms. The summed E-state index contributed by atoms with van der Waals surface area (Å²) in [4.78, 5) is 10.8. The third kappa shape index (κ3) is 3.42. The van der Waals surface area contributed by atoms with Crippen LogP contribution in [0.2, 0.25) is 0 Å². The molecule has 2 aromatic carbocycles. The number of hydrogen-bond donors (Lipinski definition) is 0. The fourth-order valence-electron chi connectivity index (χ4n) is 2.20. The maximum Gasteiger partial charge on any atom is 0.312 e. The van der Waals surface area contributed by atoms with Crippen molar-refractivity contribution in [2.45, 2.75) is 26.1 Å². The van der Waals surface area contributed by atoms with E-state index in [2.05, 4.69) is 15.9 Å². The molecule has 0 aliphatic rings. The highest BCUT2D eigenvalue weighted by Crippen LogP contribution is 2.36. The predicted octanol–water partition coefficient (Wildman–Crippen LogP) is 5.21. The summed E-state index contributed by atoms with van der Waals surface area (Å²) in [5, 5.41) is 12.0. The molecule has 0 saturated carbocycles. The lowest BCUT2D eigenvalue weighted by atomic mass is 10.1. The quantitative estimate of drug-likeness (QED) is 0.432. The van der Waals surface area contributed by atoms with E-state index >= 15 is 0 Å². The van der Waals surface area contributed by atoms with Gasteiger partial charge in [0.1, 0.15) is 5.75 Å². The Kier molecular flexibility index (Phi) is 4.63. The summed E-state index contributed by atoms with van der Waals surface area (Å²) in [6.45, 7) is 5.63. The molecular weight excluding hydrogens is 334 g/mol. The topological polar surface area (TPSA) is 52.4 Å². The first-order valence-corrected chi connectivity index (χ1v) is 7.63. The van der Waals surface area contributed by atoms with E-state index in [1.807, 2.05) is 45.0 Å². The molecule has 2 aromatic rings. The van der Waals surface area contributed by atoms with Crippen LogP contribution in [0, 0.1) is 30.9 Å². The van der Waals surface area contributed by atoms with Crippen LogP contribution >= 0.6 is 15.9 Å². The van der Waals surface area contributed by atoms with Gasteiger partial charge in [-0.25, -0.2) is 0 Å². The molecule has 0 radical (unpaired) electrons. The van der Waals surface area contributed by atoms with Crippen molar-refractivity contribution in [3.8, 4) is 11.5 Å². The molecule has 0 heterocycles. The van der Waals surface area contributed by atoms with Crippen LogP contribution in [0.25, 0.3) is 0 Å². The Morgan fingerprint density at radius 3 is 2.43 bits per heavy atom. The van der Waals surface area contributed by atoms with Gasteiger partial charge in [-0.3, -0.25) is 10.1 Å². The summed E-state index contributed by atoms with van der Waals surface area (Å²) in [5.74, 6) is 0.906. The van der Waals surface area contributed by atoms with Crippen molar-refractivity contribution in [1.29, 1.82) is 0 Å². The normalized spacial score (nSPS) is 10.5. The zero-order valence-electron chi connectivity index (χ0n) is 12.1. The number of rotatable bonds is 4. The third-order valence-electron chi connectivity index (χ3n) is 3.27. The zero-order valence-corrected chi connectivity index (χ0v) is 13.7. The van der Waals surface area contributed by atoms with Crippen LogP contribution in [0.1, 0.15) is 22.3 Å². The van der Waals surface area contributed by atoms with Crippen molar-refractivity contribution in [1.82, 2.24) is 0 Å². The van der Waals surface area contributed by atoms with Gasteiger partial charge in [0.05, 0.1) is 4.92 Å². The van der Waals surface area contributed by atoms with Gasteiger partial charge >= 0.3 is 5.69 Å². The number of halogens is 1. The minimum absolute atomic E-state index is 0.00489. The highest BCUT2D eigenvalue weighted by Gasteiger charge is 2.19. The maximum atomic E-state index is 11.2. The second kappa shape index (κ2) is 6.26. The molecular formula is C16H16BrNO3. The minimum Gasteiger partial charge on any atom is -0.450 e. The van der Waals surface area contributed by atoms with Crippen LogP contribution in [0.15, 0.2) is 30.3 Å². The van der Waals surface area contributed by atoms with E-state index in [9.17, 15) is 10.1 Å². The lowest BCUT2D eigenvalue weighted by Gasteiger charge is -2.11. The average Bonchev–Trinajstić information content (AvgIpc) is 2.41.